The van der Waals surface area contributed by atoms with Crippen LogP contribution in [-0.4, -0.2) is 36.0 Å². The molecule has 2 aromatic rings. The van der Waals surface area contributed by atoms with Crippen LogP contribution in [0.2, 0.25) is 0 Å². The van der Waals surface area contributed by atoms with E-state index in [4.69, 9.17) is 4.42 Å². The second kappa shape index (κ2) is 7.94. The van der Waals surface area contributed by atoms with Crippen LogP contribution in [0.15, 0.2) is 40.8 Å². The fourth-order valence-corrected chi connectivity index (χ4v) is 4.56. The van der Waals surface area contributed by atoms with E-state index in [1.165, 1.54) is 6.07 Å². The van der Waals surface area contributed by atoms with Crippen molar-refractivity contribution < 1.29 is 22.5 Å². The van der Waals surface area contributed by atoms with E-state index < -0.39 is 16.7 Å². The van der Waals surface area contributed by atoms with Crippen molar-refractivity contribution in [1.29, 1.82) is 0 Å². The Hall–Kier alpha value is -2.55. The van der Waals surface area contributed by atoms with Crippen molar-refractivity contribution in [3.63, 3.8) is 0 Å². The number of nitrogens with zero attached hydrogens (tertiary/aromatic N) is 3. The third-order valence-corrected chi connectivity index (χ3v) is 6.51. The zero-order chi connectivity index (χ0) is 21.4. The number of rotatable bonds is 4. The van der Waals surface area contributed by atoms with Crippen molar-refractivity contribution in [3.8, 4) is 0 Å². The summed E-state index contributed by atoms with van der Waals surface area (Å²) in [5.74, 6) is 0.379. The van der Waals surface area contributed by atoms with Crippen molar-refractivity contribution >= 4 is 11.6 Å². The fourth-order valence-electron chi connectivity index (χ4n) is 4.56. The van der Waals surface area contributed by atoms with E-state index >= 15 is 0 Å². The third kappa shape index (κ3) is 4.45. The van der Waals surface area contributed by atoms with Crippen molar-refractivity contribution in [1.82, 2.24) is 4.90 Å². The molecule has 0 unspecified atom stereocenters. The molecule has 4 rings (SSSR count). The Labute approximate surface area is 172 Å². The molecule has 0 bridgehead atoms. The molecule has 3 heterocycles. The first kappa shape index (κ1) is 20.7. The Balaban J connectivity index is 1.28. The topological polar surface area (TPSA) is 62.8 Å². The molecule has 2 aliphatic heterocycles. The number of piperidine rings is 2. The molecule has 30 heavy (non-hydrogen) atoms. The lowest BCUT2D eigenvalue weighted by Crippen LogP contribution is -2.46. The fraction of sp³-hybridized carbons (Fsp3) is 0.524. The van der Waals surface area contributed by atoms with Gasteiger partial charge < -0.3 is 9.32 Å². The highest BCUT2D eigenvalue weighted by Gasteiger charge is 2.38. The zero-order valence-corrected chi connectivity index (χ0v) is 16.5. The smallest absolute Gasteiger partial charge is 0.404 e. The van der Waals surface area contributed by atoms with Gasteiger partial charge in [0, 0.05) is 18.8 Å². The number of likely N-dealkylation sites (tertiary alicyclic amines) is 1. The monoisotopic (exact) mass is 423 g/mol. The summed E-state index contributed by atoms with van der Waals surface area (Å²) < 4.78 is 43.5. The van der Waals surface area contributed by atoms with Gasteiger partial charge in [0.05, 0.1) is 18.2 Å². The number of anilines is 1. The highest BCUT2D eigenvalue weighted by molar-refractivity contribution is 5.48. The van der Waals surface area contributed by atoms with Gasteiger partial charge in [0.1, 0.15) is 10.7 Å². The van der Waals surface area contributed by atoms with Gasteiger partial charge in [-0.15, -0.1) is 0 Å². The molecule has 0 radical (unpaired) electrons. The summed E-state index contributed by atoms with van der Waals surface area (Å²) >= 11 is 0. The Morgan fingerprint density at radius 3 is 2.10 bits per heavy atom. The van der Waals surface area contributed by atoms with Crippen LogP contribution in [0.1, 0.15) is 37.0 Å². The van der Waals surface area contributed by atoms with Crippen molar-refractivity contribution in [2.75, 3.05) is 31.1 Å². The second-order valence-electron chi connectivity index (χ2n) is 8.30. The molecule has 1 aromatic carbocycles. The number of benzene rings is 1. The quantitative estimate of drug-likeness (QED) is 0.506. The summed E-state index contributed by atoms with van der Waals surface area (Å²) in [5.41, 5.74) is 0.498. The summed E-state index contributed by atoms with van der Waals surface area (Å²) in [5, 5.41) is 10.7. The molecular formula is C21H24F3N3O3. The van der Waals surface area contributed by atoms with E-state index in [1.54, 1.807) is 18.2 Å². The van der Waals surface area contributed by atoms with E-state index in [0.717, 1.165) is 69.7 Å². The Kier molecular flexibility index (Phi) is 5.48. The molecule has 0 saturated carbocycles. The molecule has 6 nitrogen and oxygen atoms in total. The summed E-state index contributed by atoms with van der Waals surface area (Å²) in [6.45, 7) is 4.08. The number of alkyl halides is 3. The molecular weight excluding hydrogens is 399 g/mol. The molecule has 1 aromatic heterocycles. The van der Waals surface area contributed by atoms with Gasteiger partial charge >= 0.3 is 12.1 Å². The number of furan rings is 1. The van der Waals surface area contributed by atoms with Crippen molar-refractivity contribution in [2.24, 2.45) is 5.41 Å². The minimum Gasteiger partial charge on any atom is -0.404 e. The lowest BCUT2D eigenvalue weighted by molar-refractivity contribution is -0.402. The first-order valence-corrected chi connectivity index (χ1v) is 10.1. The van der Waals surface area contributed by atoms with E-state index in [9.17, 15) is 23.3 Å². The summed E-state index contributed by atoms with van der Waals surface area (Å²) in [4.78, 5) is 14.6. The average molecular weight is 423 g/mol. The van der Waals surface area contributed by atoms with Gasteiger partial charge in [-0.1, -0.05) is 0 Å². The first-order chi connectivity index (χ1) is 14.2. The summed E-state index contributed by atoms with van der Waals surface area (Å²) in [7, 11) is 0. The van der Waals surface area contributed by atoms with Gasteiger partial charge in [-0.05, 0) is 74.5 Å². The Bertz CT molecular complexity index is 877. The molecule has 9 heteroatoms. The highest BCUT2D eigenvalue weighted by atomic mass is 19.4. The number of halogens is 3. The van der Waals surface area contributed by atoms with Crippen LogP contribution in [0.3, 0.4) is 0 Å². The maximum absolute atomic E-state index is 12.8. The van der Waals surface area contributed by atoms with Crippen LogP contribution >= 0.6 is 0 Å². The van der Waals surface area contributed by atoms with Gasteiger partial charge in [0.15, 0.2) is 0 Å². The number of hydrogen-bond acceptors (Lipinski definition) is 5. The molecule has 1 spiro atoms. The number of hydrogen-bond donors (Lipinski definition) is 0. The number of nitro groups is 1. The maximum Gasteiger partial charge on any atom is 0.433 e. The first-order valence-electron chi connectivity index (χ1n) is 10.1. The minimum atomic E-state index is -4.31. The molecule has 2 aliphatic rings. The standard InChI is InChI=1S/C21H24F3N3O3/c22-21(23,24)16-1-3-17(4-2-16)26-13-9-20(10-14-26)7-11-25(12-8-20)15-18-5-6-19(30-18)27(28)29/h1-6H,7-15H2. The lowest BCUT2D eigenvalue weighted by Gasteiger charge is -2.47. The summed E-state index contributed by atoms with van der Waals surface area (Å²) in [6, 6.07) is 8.47. The van der Waals surface area contributed by atoms with Crippen LogP contribution in [0, 0.1) is 15.5 Å². The van der Waals surface area contributed by atoms with Gasteiger partial charge in [0.25, 0.3) is 0 Å². The van der Waals surface area contributed by atoms with Gasteiger partial charge in [0.2, 0.25) is 0 Å². The Morgan fingerprint density at radius 1 is 0.967 bits per heavy atom. The molecule has 0 amide bonds. The van der Waals surface area contributed by atoms with Crippen LogP contribution in [0.25, 0.3) is 0 Å². The van der Waals surface area contributed by atoms with E-state index in [-0.39, 0.29) is 11.3 Å². The van der Waals surface area contributed by atoms with E-state index in [2.05, 4.69) is 9.80 Å². The lowest BCUT2D eigenvalue weighted by atomic mass is 9.71. The van der Waals surface area contributed by atoms with E-state index in [1.807, 2.05) is 0 Å². The van der Waals surface area contributed by atoms with Gasteiger partial charge in [-0.25, -0.2) is 0 Å². The maximum atomic E-state index is 12.8. The molecule has 2 fully saturated rings. The second-order valence-corrected chi connectivity index (χ2v) is 8.30. The highest BCUT2D eigenvalue weighted by Crippen LogP contribution is 2.42. The van der Waals surface area contributed by atoms with Crippen LogP contribution < -0.4 is 4.90 Å². The van der Waals surface area contributed by atoms with E-state index in [0.29, 0.717) is 12.3 Å². The van der Waals surface area contributed by atoms with Crippen LogP contribution in [0.5, 0.6) is 0 Å². The Morgan fingerprint density at radius 2 is 1.57 bits per heavy atom. The van der Waals surface area contributed by atoms with Crippen LogP contribution in [-0.2, 0) is 12.7 Å². The van der Waals surface area contributed by atoms with Gasteiger partial charge in [-0.3, -0.25) is 15.0 Å². The molecule has 0 N–H and O–H groups in total. The molecule has 162 valence electrons. The SMILES string of the molecule is O=[N+]([O-])c1ccc(CN2CCC3(CC2)CCN(c2ccc(C(F)(F)F)cc2)CC3)o1. The molecule has 2 saturated heterocycles. The van der Waals surface area contributed by atoms with Crippen molar-refractivity contribution in [2.45, 2.75) is 38.4 Å². The predicted octanol–water partition coefficient (Wildman–Crippen LogP) is 5.09. The normalized spacial score (nSPS) is 19.9. The third-order valence-electron chi connectivity index (χ3n) is 6.51. The zero-order valence-electron chi connectivity index (χ0n) is 16.5. The van der Waals surface area contributed by atoms with Crippen LogP contribution in [0.4, 0.5) is 24.7 Å². The summed E-state index contributed by atoms with van der Waals surface area (Å²) in [6.07, 6.45) is -0.158. The minimum absolute atomic E-state index is 0.228. The van der Waals surface area contributed by atoms with Crippen molar-refractivity contribution in [3.05, 3.63) is 57.8 Å². The largest absolute Gasteiger partial charge is 0.433 e. The average Bonchev–Trinajstić information content (AvgIpc) is 3.19. The van der Waals surface area contributed by atoms with Gasteiger partial charge in [-0.2, -0.15) is 13.2 Å². The molecule has 0 aliphatic carbocycles. The predicted molar refractivity (Wildman–Crippen MR) is 105 cm³/mol. The molecule has 0 atom stereocenters.